The van der Waals surface area contributed by atoms with Gasteiger partial charge in [0.15, 0.2) is 5.82 Å². The maximum Gasteiger partial charge on any atom is 0.314 e. The van der Waals surface area contributed by atoms with Gasteiger partial charge >= 0.3 is 5.97 Å². The highest BCUT2D eigenvalue weighted by Crippen LogP contribution is 2.42. The van der Waals surface area contributed by atoms with E-state index in [-0.39, 0.29) is 11.9 Å². The number of esters is 1. The molecule has 0 amide bonds. The van der Waals surface area contributed by atoms with Crippen LogP contribution in [0.3, 0.4) is 0 Å². The number of aromatic nitrogens is 2. The Kier molecular flexibility index (Phi) is 14.3. The van der Waals surface area contributed by atoms with E-state index < -0.39 is 0 Å². The number of rotatable bonds is 17. The second kappa shape index (κ2) is 18.4. The fourth-order valence-corrected chi connectivity index (χ4v) is 7.43. The zero-order chi connectivity index (χ0) is 29.4. The summed E-state index contributed by atoms with van der Waals surface area (Å²) < 4.78 is 5.82. The number of benzene rings is 1. The average Bonchev–Trinajstić information content (AvgIpc) is 3.04. The zero-order valence-corrected chi connectivity index (χ0v) is 26.8. The summed E-state index contributed by atoms with van der Waals surface area (Å²) in [6, 6.07) is 7.69. The van der Waals surface area contributed by atoms with Crippen LogP contribution in [0.15, 0.2) is 36.7 Å². The van der Waals surface area contributed by atoms with Crippen molar-refractivity contribution < 1.29 is 9.53 Å². The number of aryl methyl sites for hydroxylation is 1. The molecule has 0 aliphatic heterocycles. The average molecular weight is 575 g/mol. The predicted molar refractivity (Wildman–Crippen MR) is 174 cm³/mol. The van der Waals surface area contributed by atoms with Crippen LogP contribution in [0, 0.1) is 23.7 Å². The second-order valence-corrected chi connectivity index (χ2v) is 13.5. The van der Waals surface area contributed by atoms with Crippen LogP contribution in [0.1, 0.15) is 148 Å². The summed E-state index contributed by atoms with van der Waals surface area (Å²) in [5.41, 5.74) is 2.15. The molecule has 0 radical (unpaired) electrons. The van der Waals surface area contributed by atoms with E-state index in [1.54, 1.807) is 0 Å². The van der Waals surface area contributed by atoms with Gasteiger partial charge in [-0.1, -0.05) is 97.3 Å². The third kappa shape index (κ3) is 10.8. The van der Waals surface area contributed by atoms with Gasteiger partial charge in [0.1, 0.15) is 5.75 Å². The maximum absolute atomic E-state index is 13.0. The Bertz CT molecular complexity index is 1000. The molecule has 1 aromatic carbocycles. The fraction of sp³-hybridized carbons (Fsp3) is 0.711. The topological polar surface area (TPSA) is 52.1 Å². The van der Waals surface area contributed by atoms with Crippen molar-refractivity contribution in [1.29, 1.82) is 0 Å². The van der Waals surface area contributed by atoms with E-state index in [2.05, 4.69) is 23.8 Å². The van der Waals surface area contributed by atoms with Gasteiger partial charge in [0.05, 0.1) is 5.92 Å². The molecule has 4 heteroatoms. The van der Waals surface area contributed by atoms with Gasteiger partial charge < -0.3 is 4.74 Å². The molecule has 2 saturated carbocycles. The molecule has 2 fully saturated rings. The molecular weight excluding hydrogens is 516 g/mol. The summed E-state index contributed by atoms with van der Waals surface area (Å²) >= 11 is 0. The third-order valence-corrected chi connectivity index (χ3v) is 10.2. The molecule has 4 rings (SSSR count). The van der Waals surface area contributed by atoms with E-state index in [4.69, 9.17) is 4.74 Å². The van der Waals surface area contributed by atoms with Crippen molar-refractivity contribution in [1.82, 2.24) is 9.97 Å². The highest BCUT2D eigenvalue weighted by Gasteiger charge is 2.33. The Morgan fingerprint density at radius 3 is 1.86 bits per heavy atom. The molecule has 0 N–H and O–H groups in total. The Labute approximate surface area is 256 Å². The van der Waals surface area contributed by atoms with E-state index in [1.165, 1.54) is 121 Å². The van der Waals surface area contributed by atoms with Crippen LogP contribution < -0.4 is 4.74 Å². The summed E-state index contributed by atoms with van der Waals surface area (Å²) in [6.45, 7) is 4.54. The van der Waals surface area contributed by atoms with Crippen molar-refractivity contribution in [3.63, 3.8) is 0 Å². The molecule has 4 nitrogen and oxygen atoms in total. The van der Waals surface area contributed by atoms with Crippen molar-refractivity contribution in [2.75, 3.05) is 0 Å². The van der Waals surface area contributed by atoms with E-state index in [0.29, 0.717) is 5.75 Å². The zero-order valence-electron chi connectivity index (χ0n) is 26.8. The van der Waals surface area contributed by atoms with Gasteiger partial charge in [-0.25, -0.2) is 9.97 Å². The lowest BCUT2D eigenvalue weighted by molar-refractivity contribution is -0.140. The summed E-state index contributed by atoms with van der Waals surface area (Å²) in [6.07, 6.45) is 31.3. The van der Waals surface area contributed by atoms with Crippen LogP contribution in [-0.2, 0) is 11.2 Å². The highest BCUT2D eigenvalue weighted by atomic mass is 16.5. The minimum Gasteiger partial charge on any atom is -0.426 e. The standard InChI is InChI=1S/C38H58N2O2/c1-3-5-7-9-11-12-14-30-16-18-32(19-17-30)33-20-22-35(23-21-33)38(41)42-36-26-24-34(25-27-36)37-39-28-31(29-40-37)15-13-10-8-6-4-2/h24-30,32-33,35H,3-23H2,1-2H3/t30-,32-,33-,35-. The largest absolute Gasteiger partial charge is 0.426 e. The number of ether oxygens (including phenoxy) is 1. The lowest BCUT2D eigenvalue weighted by atomic mass is 9.68. The first-order valence-corrected chi connectivity index (χ1v) is 17.8. The molecule has 42 heavy (non-hydrogen) atoms. The quantitative estimate of drug-likeness (QED) is 0.107. The molecule has 0 spiro atoms. The number of carbonyl (C=O) groups excluding carboxylic acids is 1. The van der Waals surface area contributed by atoms with Crippen LogP contribution in [0.2, 0.25) is 0 Å². The Morgan fingerprint density at radius 2 is 1.24 bits per heavy atom. The summed E-state index contributed by atoms with van der Waals surface area (Å²) in [4.78, 5) is 22.1. The summed E-state index contributed by atoms with van der Waals surface area (Å²) in [5, 5.41) is 0. The van der Waals surface area contributed by atoms with Gasteiger partial charge in [-0.15, -0.1) is 0 Å². The van der Waals surface area contributed by atoms with Crippen LogP contribution in [0.25, 0.3) is 11.4 Å². The minimum absolute atomic E-state index is 0.0443. The van der Waals surface area contributed by atoms with E-state index in [1.807, 2.05) is 36.7 Å². The lowest BCUT2D eigenvalue weighted by Gasteiger charge is -2.37. The first-order chi connectivity index (χ1) is 20.7. The van der Waals surface area contributed by atoms with Gasteiger partial charge in [0.25, 0.3) is 0 Å². The smallest absolute Gasteiger partial charge is 0.314 e. The SMILES string of the molecule is CCCCCCCC[C@H]1CC[C@H]([C@H]2CC[C@H](C(=O)Oc3ccc(-c4ncc(CCCCCCC)cn4)cc3)CC2)CC1. The monoisotopic (exact) mass is 574 g/mol. The molecule has 0 saturated heterocycles. The number of hydrogen-bond acceptors (Lipinski definition) is 4. The van der Waals surface area contributed by atoms with Crippen molar-refractivity contribution in [3.05, 3.63) is 42.2 Å². The molecule has 1 heterocycles. The van der Waals surface area contributed by atoms with Crippen molar-refractivity contribution in [2.24, 2.45) is 23.7 Å². The Morgan fingerprint density at radius 1 is 0.690 bits per heavy atom. The minimum atomic E-state index is -0.0524. The van der Waals surface area contributed by atoms with Crippen molar-refractivity contribution in [3.8, 4) is 17.1 Å². The fourth-order valence-electron chi connectivity index (χ4n) is 7.43. The van der Waals surface area contributed by atoms with Crippen LogP contribution in [0.5, 0.6) is 5.75 Å². The van der Waals surface area contributed by atoms with Gasteiger partial charge in [-0.05, 0) is 98.9 Å². The third-order valence-electron chi connectivity index (χ3n) is 10.2. The van der Waals surface area contributed by atoms with Crippen LogP contribution in [-0.4, -0.2) is 15.9 Å². The number of nitrogens with zero attached hydrogens (tertiary/aromatic N) is 2. The van der Waals surface area contributed by atoms with E-state index in [9.17, 15) is 4.79 Å². The molecule has 232 valence electrons. The molecule has 2 aliphatic rings. The summed E-state index contributed by atoms with van der Waals surface area (Å²) in [7, 11) is 0. The van der Waals surface area contributed by atoms with E-state index in [0.717, 1.165) is 48.4 Å². The first kappa shape index (κ1) is 32.7. The van der Waals surface area contributed by atoms with Crippen LogP contribution >= 0.6 is 0 Å². The normalized spacial score (nSPS) is 22.6. The van der Waals surface area contributed by atoms with Gasteiger partial charge in [-0.3, -0.25) is 4.79 Å². The van der Waals surface area contributed by atoms with Crippen LogP contribution in [0.4, 0.5) is 0 Å². The first-order valence-electron chi connectivity index (χ1n) is 17.8. The molecule has 0 bridgehead atoms. The maximum atomic E-state index is 13.0. The van der Waals surface area contributed by atoms with Crippen molar-refractivity contribution >= 4 is 5.97 Å². The van der Waals surface area contributed by atoms with Crippen molar-refractivity contribution in [2.45, 2.75) is 149 Å². The number of hydrogen-bond donors (Lipinski definition) is 0. The Hall–Kier alpha value is -2.23. The summed E-state index contributed by atoms with van der Waals surface area (Å²) in [5.74, 6) is 4.01. The van der Waals surface area contributed by atoms with E-state index >= 15 is 0 Å². The molecule has 1 aromatic heterocycles. The lowest BCUT2D eigenvalue weighted by Crippen LogP contribution is -2.30. The second-order valence-electron chi connectivity index (χ2n) is 13.5. The predicted octanol–water partition coefficient (Wildman–Crippen LogP) is 10.9. The molecule has 0 unspecified atom stereocenters. The van der Waals surface area contributed by atoms with Gasteiger partial charge in [0.2, 0.25) is 0 Å². The molecular formula is C38H58N2O2. The molecule has 2 aromatic rings. The Balaban J connectivity index is 1.12. The number of unbranched alkanes of at least 4 members (excludes halogenated alkanes) is 9. The molecule has 0 atom stereocenters. The number of carbonyl (C=O) groups is 1. The highest BCUT2D eigenvalue weighted by molar-refractivity contribution is 5.75. The van der Waals surface area contributed by atoms with Gasteiger partial charge in [-0.2, -0.15) is 0 Å². The van der Waals surface area contributed by atoms with Gasteiger partial charge in [0, 0.05) is 18.0 Å². The molecule has 2 aliphatic carbocycles.